The summed E-state index contributed by atoms with van der Waals surface area (Å²) in [6.45, 7) is 6.38. The van der Waals surface area contributed by atoms with Crippen molar-refractivity contribution in [2.45, 2.75) is 58.1 Å². The molecule has 0 spiro atoms. The Hall–Kier alpha value is -1.75. The zero-order chi connectivity index (χ0) is 18.9. The Labute approximate surface area is 164 Å². The summed E-state index contributed by atoms with van der Waals surface area (Å²) in [6, 6.07) is 8.42. The van der Waals surface area contributed by atoms with Gasteiger partial charge in [-0.2, -0.15) is 0 Å². The third kappa shape index (κ3) is 6.42. The molecule has 2 fully saturated rings. The number of nitrogens with one attached hydrogen (secondary N) is 1. The number of benzene rings is 1. The monoisotopic (exact) mass is 373 g/mol. The fraction of sp³-hybridized carbons (Fsp3) is 0.682. The molecule has 1 unspecified atom stereocenters. The lowest BCUT2D eigenvalue weighted by molar-refractivity contribution is 0.155. The van der Waals surface area contributed by atoms with Crippen LogP contribution < -0.4 is 10.1 Å². The molecule has 1 aromatic carbocycles. The molecule has 0 radical (unpaired) electrons. The van der Waals surface area contributed by atoms with Gasteiger partial charge in [0.2, 0.25) is 0 Å². The van der Waals surface area contributed by atoms with E-state index in [9.17, 15) is 0 Å². The summed E-state index contributed by atoms with van der Waals surface area (Å²) in [5.74, 6) is 2.55. The van der Waals surface area contributed by atoms with E-state index in [0.29, 0.717) is 18.6 Å². The van der Waals surface area contributed by atoms with Crippen molar-refractivity contribution in [3.63, 3.8) is 0 Å². The third-order valence-corrected chi connectivity index (χ3v) is 5.42. The van der Waals surface area contributed by atoms with Gasteiger partial charge in [-0.05, 0) is 56.7 Å². The maximum Gasteiger partial charge on any atom is 0.193 e. The Morgan fingerprint density at radius 3 is 2.85 bits per heavy atom. The van der Waals surface area contributed by atoms with Gasteiger partial charge in [-0.1, -0.05) is 18.6 Å². The van der Waals surface area contributed by atoms with Crippen molar-refractivity contribution in [3.8, 4) is 5.75 Å². The van der Waals surface area contributed by atoms with Crippen molar-refractivity contribution in [2.75, 3.05) is 33.4 Å². The zero-order valence-corrected chi connectivity index (χ0v) is 17.0. The van der Waals surface area contributed by atoms with Crippen molar-refractivity contribution < 1.29 is 9.47 Å². The molecule has 1 aromatic rings. The molecule has 3 rings (SSSR count). The van der Waals surface area contributed by atoms with Crippen LogP contribution in [0.3, 0.4) is 0 Å². The van der Waals surface area contributed by atoms with Gasteiger partial charge in [0.1, 0.15) is 5.75 Å². The average Bonchev–Trinajstić information content (AvgIpc) is 3.19. The van der Waals surface area contributed by atoms with Crippen molar-refractivity contribution in [1.82, 2.24) is 10.2 Å². The summed E-state index contributed by atoms with van der Waals surface area (Å²) >= 11 is 0. The second-order valence-corrected chi connectivity index (χ2v) is 7.81. The molecule has 1 aliphatic carbocycles. The quantitative estimate of drug-likeness (QED) is 0.583. The minimum absolute atomic E-state index is 0.384. The molecule has 1 heterocycles. The lowest BCUT2D eigenvalue weighted by Gasteiger charge is -2.24. The van der Waals surface area contributed by atoms with Crippen LogP contribution in [-0.2, 0) is 11.3 Å². The van der Waals surface area contributed by atoms with E-state index < -0.39 is 0 Å². The summed E-state index contributed by atoms with van der Waals surface area (Å²) < 4.78 is 11.7. The van der Waals surface area contributed by atoms with Gasteiger partial charge < -0.3 is 19.7 Å². The molecule has 1 saturated carbocycles. The number of ether oxygens (including phenoxy) is 2. The predicted octanol–water partition coefficient (Wildman–Crippen LogP) is 3.83. The third-order valence-electron chi connectivity index (χ3n) is 5.42. The lowest BCUT2D eigenvalue weighted by Crippen LogP contribution is -2.41. The maximum absolute atomic E-state index is 6.20. The van der Waals surface area contributed by atoms with Crippen LogP contribution in [-0.4, -0.2) is 50.3 Å². The number of hydrogen-bond donors (Lipinski definition) is 1. The highest BCUT2D eigenvalue weighted by Gasteiger charge is 2.19. The highest BCUT2D eigenvalue weighted by Crippen LogP contribution is 2.24. The van der Waals surface area contributed by atoms with Gasteiger partial charge in [-0.3, -0.25) is 0 Å². The summed E-state index contributed by atoms with van der Waals surface area (Å²) in [6.07, 6.45) is 7.82. The van der Waals surface area contributed by atoms with Gasteiger partial charge in [-0.15, -0.1) is 0 Å². The number of nitrogens with zero attached hydrogens (tertiary/aromatic N) is 2. The molecule has 0 bridgehead atoms. The number of rotatable bonds is 7. The van der Waals surface area contributed by atoms with E-state index in [1.165, 1.54) is 37.7 Å². The summed E-state index contributed by atoms with van der Waals surface area (Å²) in [5.41, 5.74) is 1.19. The summed E-state index contributed by atoms with van der Waals surface area (Å²) in [7, 11) is 2.11. The van der Waals surface area contributed by atoms with E-state index >= 15 is 0 Å². The fourth-order valence-electron chi connectivity index (χ4n) is 3.93. The fourth-order valence-corrected chi connectivity index (χ4v) is 3.93. The first kappa shape index (κ1) is 20.0. The molecule has 0 aromatic heterocycles. The van der Waals surface area contributed by atoms with E-state index in [4.69, 9.17) is 14.5 Å². The van der Waals surface area contributed by atoms with E-state index in [2.05, 4.69) is 48.5 Å². The van der Waals surface area contributed by atoms with Crippen LogP contribution in [0.4, 0.5) is 0 Å². The molecule has 1 atom stereocenters. The van der Waals surface area contributed by atoms with Crippen molar-refractivity contribution in [1.29, 1.82) is 0 Å². The molecule has 1 N–H and O–H groups in total. The first-order chi connectivity index (χ1) is 13.2. The number of hydrogen-bond acceptors (Lipinski definition) is 3. The van der Waals surface area contributed by atoms with E-state index in [-0.39, 0.29) is 0 Å². The second-order valence-electron chi connectivity index (χ2n) is 7.81. The minimum atomic E-state index is 0.384. The SMILES string of the molecule is CCNC(=NCc1cccc(OC2CCCCC2)c1)N(C)CC1CCOC1. The van der Waals surface area contributed by atoms with Crippen LogP contribution in [0.2, 0.25) is 0 Å². The number of guanidine groups is 1. The zero-order valence-electron chi connectivity index (χ0n) is 17.0. The largest absolute Gasteiger partial charge is 0.490 e. The summed E-state index contributed by atoms with van der Waals surface area (Å²) in [5, 5.41) is 3.41. The smallest absolute Gasteiger partial charge is 0.193 e. The van der Waals surface area contributed by atoms with Crippen LogP contribution in [0.15, 0.2) is 29.3 Å². The van der Waals surface area contributed by atoms with Crippen LogP contribution in [0, 0.1) is 5.92 Å². The van der Waals surface area contributed by atoms with Crippen molar-refractivity contribution in [3.05, 3.63) is 29.8 Å². The Balaban J connectivity index is 1.58. The van der Waals surface area contributed by atoms with Crippen LogP contribution in [0.25, 0.3) is 0 Å². The predicted molar refractivity (Wildman–Crippen MR) is 110 cm³/mol. The van der Waals surface area contributed by atoms with E-state index in [1.807, 2.05) is 0 Å². The standard InChI is InChI=1S/C22H35N3O2/c1-3-23-22(25(2)16-19-12-13-26-17-19)24-15-18-8-7-11-21(14-18)27-20-9-5-4-6-10-20/h7-8,11,14,19-20H,3-6,9-10,12-13,15-17H2,1-2H3,(H,23,24). The summed E-state index contributed by atoms with van der Waals surface area (Å²) in [4.78, 5) is 7.08. The minimum Gasteiger partial charge on any atom is -0.490 e. The molecule has 1 saturated heterocycles. The molecule has 2 aliphatic rings. The molecule has 5 heteroatoms. The Morgan fingerprint density at radius 1 is 1.26 bits per heavy atom. The van der Waals surface area contributed by atoms with Crippen LogP contribution in [0.5, 0.6) is 5.75 Å². The maximum atomic E-state index is 6.20. The first-order valence-electron chi connectivity index (χ1n) is 10.6. The van der Waals surface area contributed by atoms with Crippen LogP contribution >= 0.6 is 0 Å². The second kappa shape index (κ2) is 10.5. The molecular formula is C22H35N3O2. The highest BCUT2D eigenvalue weighted by molar-refractivity contribution is 5.79. The van der Waals surface area contributed by atoms with Crippen molar-refractivity contribution in [2.24, 2.45) is 10.9 Å². The Morgan fingerprint density at radius 2 is 2.11 bits per heavy atom. The molecular weight excluding hydrogens is 338 g/mol. The van der Waals surface area contributed by atoms with Gasteiger partial charge in [0, 0.05) is 32.7 Å². The average molecular weight is 374 g/mol. The Bertz CT molecular complexity index is 593. The first-order valence-corrected chi connectivity index (χ1v) is 10.6. The van der Waals surface area contributed by atoms with E-state index in [1.54, 1.807) is 0 Å². The number of aliphatic imine (C=N–C) groups is 1. The van der Waals surface area contributed by atoms with Gasteiger partial charge in [0.25, 0.3) is 0 Å². The molecule has 5 nitrogen and oxygen atoms in total. The van der Waals surface area contributed by atoms with Gasteiger partial charge in [0.15, 0.2) is 5.96 Å². The molecule has 0 amide bonds. The van der Waals surface area contributed by atoms with Gasteiger partial charge >= 0.3 is 0 Å². The topological polar surface area (TPSA) is 46.1 Å². The highest BCUT2D eigenvalue weighted by atomic mass is 16.5. The molecule has 1 aliphatic heterocycles. The Kier molecular flexibility index (Phi) is 7.81. The van der Waals surface area contributed by atoms with E-state index in [0.717, 1.165) is 44.4 Å². The molecule has 27 heavy (non-hydrogen) atoms. The van der Waals surface area contributed by atoms with Crippen molar-refractivity contribution >= 4 is 5.96 Å². The lowest BCUT2D eigenvalue weighted by atomic mass is 9.98. The van der Waals surface area contributed by atoms with Crippen LogP contribution in [0.1, 0.15) is 51.0 Å². The molecule has 150 valence electrons. The van der Waals surface area contributed by atoms with Gasteiger partial charge in [-0.25, -0.2) is 4.99 Å². The van der Waals surface area contributed by atoms with Gasteiger partial charge in [0.05, 0.1) is 19.3 Å². The normalized spacial score (nSPS) is 21.3.